The maximum absolute atomic E-state index is 4.71. The van der Waals surface area contributed by atoms with Crippen molar-refractivity contribution in [3.8, 4) is 0 Å². The summed E-state index contributed by atoms with van der Waals surface area (Å²) in [6.07, 6.45) is 5.51. The second-order valence-corrected chi connectivity index (χ2v) is 6.10. The summed E-state index contributed by atoms with van der Waals surface area (Å²) in [6.45, 7) is 8.47. The molecule has 1 aromatic rings. The van der Waals surface area contributed by atoms with Crippen LogP contribution in [0.4, 0.5) is 5.95 Å². The van der Waals surface area contributed by atoms with Gasteiger partial charge in [0.1, 0.15) is 0 Å². The van der Waals surface area contributed by atoms with Crippen LogP contribution in [0.15, 0.2) is 6.20 Å². The average Bonchev–Trinajstić information content (AvgIpc) is 2.49. The monoisotopic (exact) mass is 291 g/mol. The molecule has 1 N–H and O–H groups in total. The van der Waals surface area contributed by atoms with Gasteiger partial charge in [-0.1, -0.05) is 6.92 Å². The van der Waals surface area contributed by atoms with Crippen molar-refractivity contribution in [2.45, 2.75) is 45.7 Å². The first-order valence-electron chi connectivity index (χ1n) is 8.06. The van der Waals surface area contributed by atoms with Crippen LogP contribution in [0.2, 0.25) is 0 Å². The molecule has 1 saturated heterocycles. The van der Waals surface area contributed by atoms with Crippen LogP contribution < -0.4 is 10.2 Å². The van der Waals surface area contributed by atoms with Crippen LogP contribution >= 0.6 is 0 Å². The van der Waals surface area contributed by atoms with Crippen molar-refractivity contribution in [2.24, 2.45) is 0 Å². The summed E-state index contributed by atoms with van der Waals surface area (Å²) in [5, 5.41) is 3.41. The first-order chi connectivity index (χ1) is 10.1. The van der Waals surface area contributed by atoms with E-state index >= 15 is 0 Å². The molecule has 0 bridgehead atoms. The molecular weight excluding hydrogens is 262 g/mol. The standard InChI is InChI=1S/C16H29N5/c1-5-8-17-11-14-12-18-16(19-13(14)2)21(4)15-6-9-20(3)10-7-15/h12,15,17H,5-11H2,1-4H3. The second kappa shape index (κ2) is 7.71. The number of likely N-dealkylation sites (tertiary alicyclic amines) is 1. The Labute approximate surface area is 128 Å². The Morgan fingerprint density at radius 3 is 2.71 bits per heavy atom. The number of hydrogen-bond donors (Lipinski definition) is 1. The number of hydrogen-bond acceptors (Lipinski definition) is 5. The van der Waals surface area contributed by atoms with Crippen LogP contribution in [0.3, 0.4) is 0 Å². The molecule has 1 aliphatic rings. The Morgan fingerprint density at radius 1 is 1.38 bits per heavy atom. The first kappa shape index (κ1) is 16.2. The Balaban J connectivity index is 1.98. The van der Waals surface area contributed by atoms with Gasteiger partial charge in [-0.15, -0.1) is 0 Å². The number of aromatic nitrogens is 2. The zero-order valence-electron chi connectivity index (χ0n) is 13.9. The molecule has 1 aliphatic heterocycles. The highest BCUT2D eigenvalue weighted by Gasteiger charge is 2.22. The highest BCUT2D eigenvalue weighted by molar-refractivity contribution is 5.33. The van der Waals surface area contributed by atoms with Gasteiger partial charge in [-0.3, -0.25) is 0 Å². The van der Waals surface area contributed by atoms with Crippen LogP contribution in [0.1, 0.15) is 37.4 Å². The molecule has 0 atom stereocenters. The minimum Gasteiger partial charge on any atom is -0.341 e. The van der Waals surface area contributed by atoms with Gasteiger partial charge in [-0.2, -0.15) is 0 Å². The predicted molar refractivity (Wildman–Crippen MR) is 87.7 cm³/mol. The van der Waals surface area contributed by atoms with E-state index in [-0.39, 0.29) is 0 Å². The lowest BCUT2D eigenvalue weighted by Crippen LogP contribution is -2.42. The average molecular weight is 291 g/mol. The van der Waals surface area contributed by atoms with E-state index in [0.717, 1.165) is 44.2 Å². The second-order valence-electron chi connectivity index (χ2n) is 6.10. The Bertz CT molecular complexity index is 440. The molecule has 2 rings (SSSR count). The van der Waals surface area contributed by atoms with E-state index in [1.54, 1.807) is 0 Å². The van der Waals surface area contributed by atoms with E-state index in [2.05, 4.69) is 48.0 Å². The SMILES string of the molecule is CCCNCc1cnc(N(C)C2CCN(C)CC2)nc1C. The molecule has 2 heterocycles. The molecule has 0 spiro atoms. The number of rotatable bonds is 6. The van der Waals surface area contributed by atoms with E-state index in [1.165, 1.54) is 18.4 Å². The van der Waals surface area contributed by atoms with E-state index in [4.69, 9.17) is 4.98 Å². The lowest BCUT2D eigenvalue weighted by molar-refractivity contribution is 0.252. The van der Waals surface area contributed by atoms with Crippen molar-refractivity contribution in [3.05, 3.63) is 17.5 Å². The quantitative estimate of drug-likeness (QED) is 0.810. The highest BCUT2D eigenvalue weighted by Crippen LogP contribution is 2.19. The fourth-order valence-electron chi connectivity index (χ4n) is 2.77. The summed E-state index contributed by atoms with van der Waals surface area (Å²) in [5.74, 6) is 0.862. The molecule has 5 nitrogen and oxygen atoms in total. The Morgan fingerprint density at radius 2 is 2.10 bits per heavy atom. The number of anilines is 1. The summed E-state index contributed by atoms with van der Waals surface area (Å²) in [7, 11) is 4.31. The normalized spacial score (nSPS) is 17.1. The van der Waals surface area contributed by atoms with Gasteiger partial charge in [-0.25, -0.2) is 9.97 Å². The third-order valence-corrected chi connectivity index (χ3v) is 4.36. The molecule has 5 heteroatoms. The molecule has 1 fully saturated rings. The third-order valence-electron chi connectivity index (χ3n) is 4.36. The van der Waals surface area contributed by atoms with Gasteiger partial charge in [0.05, 0.1) is 0 Å². The minimum absolute atomic E-state index is 0.560. The molecule has 0 radical (unpaired) electrons. The summed E-state index contributed by atoms with van der Waals surface area (Å²) in [4.78, 5) is 13.9. The van der Waals surface area contributed by atoms with Gasteiger partial charge in [0.15, 0.2) is 0 Å². The maximum Gasteiger partial charge on any atom is 0.225 e. The van der Waals surface area contributed by atoms with Crippen LogP contribution in [-0.4, -0.2) is 54.6 Å². The van der Waals surface area contributed by atoms with Crippen molar-refractivity contribution in [3.63, 3.8) is 0 Å². The Hall–Kier alpha value is -1.20. The van der Waals surface area contributed by atoms with Crippen molar-refractivity contribution < 1.29 is 0 Å². The lowest BCUT2D eigenvalue weighted by atomic mass is 10.0. The van der Waals surface area contributed by atoms with Crippen LogP contribution in [-0.2, 0) is 6.54 Å². The van der Waals surface area contributed by atoms with Crippen LogP contribution in [0, 0.1) is 6.92 Å². The fraction of sp³-hybridized carbons (Fsp3) is 0.750. The van der Waals surface area contributed by atoms with E-state index in [9.17, 15) is 0 Å². The zero-order chi connectivity index (χ0) is 15.2. The van der Waals surface area contributed by atoms with Crippen LogP contribution in [0.25, 0.3) is 0 Å². The minimum atomic E-state index is 0.560. The molecular formula is C16H29N5. The molecule has 118 valence electrons. The van der Waals surface area contributed by atoms with Gasteiger partial charge >= 0.3 is 0 Å². The molecule has 0 saturated carbocycles. The number of nitrogens with one attached hydrogen (secondary N) is 1. The Kier molecular flexibility index (Phi) is 5.94. The lowest BCUT2D eigenvalue weighted by Gasteiger charge is -2.35. The zero-order valence-corrected chi connectivity index (χ0v) is 13.9. The van der Waals surface area contributed by atoms with Crippen molar-refractivity contribution in [1.29, 1.82) is 0 Å². The number of piperidine rings is 1. The van der Waals surface area contributed by atoms with Gasteiger partial charge in [0, 0.05) is 37.1 Å². The van der Waals surface area contributed by atoms with Crippen molar-refractivity contribution in [1.82, 2.24) is 20.2 Å². The molecule has 0 aromatic carbocycles. The van der Waals surface area contributed by atoms with E-state index in [0.29, 0.717) is 6.04 Å². The number of aryl methyl sites for hydroxylation is 1. The van der Waals surface area contributed by atoms with Gasteiger partial charge in [0.2, 0.25) is 5.95 Å². The molecule has 21 heavy (non-hydrogen) atoms. The largest absolute Gasteiger partial charge is 0.341 e. The molecule has 0 aliphatic carbocycles. The van der Waals surface area contributed by atoms with E-state index < -0.39 is 0 Å². The molecule has 1 aromatic heterocycles. The van der Waals surface area contributed by atoms with Gasteiger partial charge in [-0.05, 0) is 52.9 Å². The predicted octanol–water partition coefficient (Wildman–Crippen LogP) is 1.82. The summed E-state index contributed by atoms with van der Waals surface area (Å²) < 4.78 is 0. The topological polar surface area (TPSA) is 44.3 Å². The van der Waals surface area contributed by atoms with Crippen LogP contribution in [0.5, 0.6) is 0 Å². The van der Waals surface area contributed by atoms with Crippen molar-refractivity contribution in [2.75, 3.05) is 38.6 Å². The first-order valence-corrected chi connectivity index (χ1v) is 8.06. The number of nitrogens with zero attached hydrogens (tertiary/aromatic N) is 4. The summed E-state index contributed by atoms with van der Waals surface area (Å²) in [5.41, 5.74) is 2.28. The van der Waals surface area contributed by atoms with Gasteiger partial charge in [0.25, 0.3) is 0 Å². The maximum atomic E-state index is 4.71. The summed E-state index contributed by atoms with van der Waals surface area (Å²) >= 11 is 0. The highest BCUT2D eigenvalue weighted by atomic mass is 15.3. The third kappa shape index (κ3) is 4.38. The van der Waals surface area contributed by atoms with E-state index in [1.807, 2.05) is 6.20 Å². The fourth-order valence-corrected chi connectivity index (χ4v) is 2.77. The molecule has 0 amide bonds. The van der Waals surface area contributed by atoms with Gasteiger partial charge < -0.3 is 15.1 Å². The van der Waals surface area contributed by atoms with Crippen molar-refractivity contribution >= 4 is 5.95 Å². The smallest absolute Gasteiger partial charge is 0.225 e. The summed E-state index contributed by atoms with van der Waals surface area (Å²) in [6, 6.07) is 0.560. The molecule has 0 unspecified atom stereocenters.